The SMILES string of the molecule is CC(C)P1c2cc3ccccc3cc2Nc2cc3ccccc3cc2P(C(C)C)c2cc3ccccc3cc2Nc2cc3ccccc3cc21. The van der Waals surface area contributed by atoms with Gasteiger partial charge in [0, 0.05) is 44.0 Å². The van der Waals surface area contributed by atoms with Gasteiger partial charge in [-0.3, -0.25) is 0 Å². The fourth-order valence-corrected chi connectivity index (χ4v) is 13.2. The Bertz CT molecular complexity index is 2240. The van der Waals surface area contributed by atoms with E-state index in [4.69, 9.17) is 0 Å². The molecule has 0 amide bonds. The van der Waals surface area contributed by atoms with Crippen molar-refractivity contribution in [3.05, 3.63) is 146 Å². The molecule has 2 nitrogen and oxygen atoms in total. The molecule has 0 saturated heterocycles. The number of nitrogens with one attached hydrogen (secondary N) is 2. The molecule has 0 spiro atoms. The Balaban J connectivity index is 1.43. The fraction of sp³-hybridized carbons (Fsp3) is 0.130. The zero-order valence-corrected chi connectivity index (χ0v) is 30.7. The first-order valence-corrected chi connectivity index (χ1v) is 20.5. The first kappa shape index (κ1) is 31.3. The highest BCUT2D eigenvalue weighted by Crippen LogP contribution is 2.50. The Morgan fingerprint density at radius 3 is 0.720 bits per heavy atom. The Morgan fingerprint density at radius 1 is 0.320 bits per heavy atom. The standard InChI is InChI=1S/C46H40N2P2/c1-29(2)49-43-25-35-17-9-5-13-31(35)21-39(43)47-41-23-33-15-7-11-19-37(33)27-45(41)50(30(3)4)46-28-38-20-12-8-16-34(38)24-42(46)48-40-22-32-14-6-10-18-36(32)26-44(40)49/h5-30,47-48H,1-4H3. The monoisotopic (exact) mass is 682 g/mol. The molecule has 0 fully saturated rings. The normalized spacial score (nSPS) is 15.9. The summed E-state index contributed by atoms with van der Waals surface area (Å²) < 4.78 is 0. The molecule has 0 radical (unpaired) electrons. The van der Waals surface area contributed by atoms with Crippen molar-refractivity contribution in [1.82, 2.24) is 0 Å². The summed E-state index contributed by atoms with van der Waals surface area (Å²) in [5.74, 6) is 0. The van der Waals surface area contributed by atoms with Gasteiger partial charge in [0.25, 0.3) is 0 Å². The van der Waals surface area contributed by atoms with Crippen LogP contribution in [0.2, 0.25) is 0 Å². The van der Waals surface area contributed by atoms with Crippen LogP contribution in [0, 0.1) is 0 Å². The minimum absolute atomic E-state index is 0.399. The average molecular weight is 683 g/mol. The summed E-state index contributed by atoms with van der Waals surface area (Å²) in [5.41, 5.74) is 5.62. The van der Waals surface area contributed by atoms with Crippen LogP contribution >= 0.6 is 15.8 Å². The van der Waals surface area contributed by atoms with Gasteiger partial charge >= 0.3 is 0 Å². The van der Waals surface area contributed by atoms with Gasteiger partial charge in [-0.25, -0.2) is 0 Å². The van der Waals surface area contributed by atoms with Gasteiger partial charge in [-0.05, 0) is 119 Å². The van der Waals surface area contributed by atoms with Crippen LogP contribution in [0.5, 0.6) is 0 Å². The van der Waals surface area contributed by atoms with Crippen LogP contribution in [0.3, 0.4) is 0 Å². The minimum atomic E-state index is -0.793. The van der Waals surface area contributed by atoms with Crippen molar-refractivity contribution in [2.75, 3.05) is 10.6 Å². The Hall–Kier alpha value is -4.74. The molecule has 0 saturated carbocycles. The Labute approximate surface area is 297 Å². The summed E-state index contributed by atoms with van der Waals surface area (Å²) in [6.45, 7) is 9.60. The second-order valence-electron chi connectivity index (χ2n) is 14.0. The Kier molecular flexibility index (Phi) is 7.84. The molecule has 0 aromatic heterocycles. The van der Waals surface area contributed by atoms with E-state index in [-0.39, 0.29) is 0 Å². The fourth-order valence-electron chi connectivity index (χ4n) is 7.77. The summed E-state index contributed by atoms with van der Waals surface area (Å²) >= 11 is 0. The van der Waals surface area contributed by atoms with Gasteiger partial charge in [-0.2, -0.15) is 0 Å². The highest BCUT2D eigenvalue weighted by Gasteiger charge is 2.30. The lowest BCUT2D eigenvalue weighted by molar-refractivity contribution is 1.10. The molecule has 0 atom stereocenters. The molecule has 0 unspecified atom stereocenters. The smallest absolute Gasteiger partial charge is 0.0472 e. The third kappa shape index (κ3) is 5.43. The molecule has 1 heterocycles. The van der Waals surface area contributed by atoms with Gasteiger partial charge in [0.05, 0.1) is 0 Å². The maximum atomic E-state index is 4.16. The van der Waals surface area contributed by atoms with E-state index in [0.29, 0.717) is 11.3 Å². The molecule has 0 aliphatic carbocycles. The first-order chi connectivity index (χ1) is 24.4. The largest absolute Gasteiger partial charge is 0.354 e. The van der Waals surface area contributed by atoms with Crippen LogP contribution in [0.15, 0.2) is 146 Å². The number of hydrogen-bond donors (Lipinski definition) is 2. The predicted octanol–water partition coefficient (Wildman–Crippen LogP) is 11.8. The molecule has 8 aromatic carbocycles. The van der Waals surface area contributed by atoms with Gasteiger partial charge in [0.15, 0.2) is 0 Å². The summed E-state index contributed by atoms with van der Waals surface area (Å²) in [6, 6.07) is 54.8. The van der Waals surface area contributed by atoms with E-state index in [9.17, 15) is 0 Å². The quantitative estimate of drug-likeness (QED) is 0.177. The van der Waals surface area contributed by atoms with Gasteiger partial charge in [-0.15, -0.1) is 0 Å². The summed E-state index contributed by atoms with van der Waals surface area (Å²) in [7, 11) is -1.59. The summed E-state index contributed by atoms with van der Waals surface area (Å²) in [5, 5.41) is 24.0. The van der Waals surface area contributed by atoms with Gasteiger partial charge in [0.1, 0.15) is 0 Å². The van der Waals surface area contributed by atoms with Crippen molar-refractivity contribution in [1.29, 1.82) is 0 Å². The maximum absolute atomic E-state index is 4.16. The molecule has 0 bridgehead atoms. The predicted molar refractivity (Wildman–Crippen MR) is 225 cm³/mol. The van der Waals surface area contributed by atoms with Crippen LogP contribution in [0.25, 0.3) is 43.1 Å². The van der Waals surface area contributed by atoms with Crippen molar-refractivity contribution >= 4 is 103 Å². The lowest BCUT2D eigenvalue weighted by Gasteiger charge is -2.33. The third-order valence-electron chi connectivity index (χ3n) is 10.1. The summed E-state index contributed by atoms with van der Waals surface area (Å²) in [6.07, 6.45) is 0. The minimum Gasteiger partial charge on any atom is -0.354 e. The molecular weight excluding hydrogens is 642 g/mol. The van der Waals surface area contributed by atoms with E-state index in [1.807, 2.05) is 0 Å². The van der Waals surface area contributed by atoms with Crippen LogP contribution in [-0.4, -0.2) is 11.3 Å². The van der Waals surface area contributed by atoms with Crippen LogP contribution < -0.4 is 31.9 Å². The molecular formula is C46H40N2P2. The van der Waals surface area contributed by atoms with E-state index < -0.39 is 15.8 Å². The van der Waals surface area contributed by atoms with E-state index in [0.717, 1.165) is 0 Å². The second-order valence-corrected chi connectivity index (χ2v) is 19.5. The topological polar surface area (TPSA) is 24.1 Å². The van der Waals surface area contributed by atoms with Gasteiger partial charge in [0.2, 0.25) is 0 Å². The molecule has 1 aliphatic heterocycles. The van der Waals surface area contributed by atoms with E-state index in [2.05, 4.69) is 184 Å². The van der Waals surface area contributed by atoms with Gasteiger partial charge in [-0.1, -0.05) is 125 Å². The molecule has 244 valence electrons. The maximum Gasteiger partial charge on any atom is 0.0472 e. The summed E-state index contributed by atoms with van der Waals surface area (Å²) in [4.78, 5) is 0. The number of anilines is 4. The van der Waals surface area contributed by atoms with Crippen molar-refractivity contribution in [2.24, 2.45) is 0 Å². The van der Waals surface area contributed by atoms with E-state index >= 15 is 0 Å². The molecule has 8 aromatic rings. The molecule has 4 heteroatoms. The lowest BCUT2D eigenvalue weighted by Crippen LogP contribution is -2.27. The number of hydrogen-bond acceptors (Lipinski definition) is 2. The number of rotatable bonds is 2. The van der Waals surface area contributed by atoms with Crippen molar-refractivity contribution in [3.8, 4) is 0 Å². The van der Waals surface area contributed by atoms with Crippen molar-refractivity contribution in [2.45, 2.75) is 39.0 Å². The molecule has 2 N–H and O–H groups in total. The first-order valence-electron chi connectivity index (χ1n) is 17.6. The van der Waals surface area contributed by atoms with Gasteiger partial charge < -0.3 is 10.6 Å². The average Bonchev–Trinajstić information content (AvgIpc) is 3.11. The highest BCUT2D eigenvalue weighted by atomic mass is 31.1. The van der Waals surface area contributed by atoms with Crippen LogP contribution in [0.4, 0.5) is 22.7 Å². The zero-order chi connectivity index (χ0) is 33.9. The third-order valence-corrected chi connectivity index (χ3v) is 15.7. The van der Waals surface area contributed by atoms with E-state index in [1.54, 1.807) is 0 Å². The number of benzene rings is 8. The van der Waals surface area contributed by atoms with Crippen molar-refractivity contribution in [3.63, 3.8) is 0 Å². The second kappa shape index (κ2) is 12.5. The highest BCUT2D eigenvalue weighted by molar-refractivity contribution is 7.74. The Morgan fingerprint density at radius 2 is 0.520 bits per heavy atom. The molecule has 50 heavy (non-hydrogen) atoms. The van der Waals surface area contributed by atoms with Crippen molar-refractivity contribution < 1.29 is 0 Å². The molecule has 9 rings (SSSR count). The molecule has 1 aliphatic rings. The van der Waals surface area contributed by atoms with Crippen LogP contribution in [0.1, 0.15) is 27.7 Å². The lowest BCUT2D eigenvalue weighted by atomic mass is 10.1. The number of fused-ring (bicyclic) bond motifs is 8. The van der Waals surface area contributed by atoms with E-state index in [1.165, 1.54) is 87.1 Å². The van der Waals surface area contributed by atoms with Crippen LogP contribution in [-0.2, 0) is 0 Å². The zero-order valence-electron chi connectivity index (χ0n) is 28.9.